The second kappa shape index (κ2) is 6.45. The van der Waals surface area contributed by atoms with Gasteiger partial charge in [0.2, 0.25) is 10.0 Å². The highest BCUT2D eigenvalue weighted by Gasteiger charge is 2.22. The first kappa shape index (κ1) is 12.9. The van der Waals surface area contributed by atoms with Crippen molar-refractivity contribution in [2.24, 2.45) is 0 Å². The van der Waals surface area contributed by atoms with Crippen LogP contribution in [0.5, 0.6) is 0 Å². The second-order valence-electron chi connectivity index (χ2n) is 3.98. The summed E-state index contributed by atoms with van der Waals surface area (Å²) in [5, 5.41) is 3.14. The van der Waals surface area contributed by atoms with Crippen LogP contribution in [0.25, 0.3) is 0 Å². The molecule has 0 spiro atoms. The van der Waals surface area contributed by atoms with E-state index in [1.165, 1.54) is 6.42 Å². The van der Waals surface area contributed by atoms with Gasteiger partial charge in [0, 0.05) is 13.1 Å². The van der Waals surface area contributed by atoms with Crippen LogP contribution >= 0.6 is 0 Å². The molecule has 1 aliphatic rings. The number of rotatable bonds is 6. The van der Waals surface area contributed by atoms with Crippen LogP contribution in [0.4, 0.5) is 0 Å². The third-order valence-corrected chi connectivity index (χ3v) is 4.67. The minimum atomic E-state index is -2.97. The average Bonchev–Trinajstić information content (AvgIpc) is 2.26. The van der Waals surface area contributed by atoms with E-state index in [9.17, 15) is 8.42 Å². The maximum Gasteiger partial charge on any atom is 0.214 e. The number of hydrogen-bond donors (Lipinski definition) is 1. The maximum absolute atomic E-state index is 11.8. The summed E-state index contributed by atoms with van der Waals surface area (Å²) < 4.78 is 25.3. The number of hydrogen-bond acceptors (Lipinski definition) is 3. The fourth-order valence-corrected chi connectivity index (χ4v) is 3.41. The van der Waals surface area contributed by atoms with Gasteiger partial charge in [0.15, 0.2) is 0 Å². The topological polar surface area (TPSA) is 49.4 Å². The van der Waals surface area contributed by atoms with Crippen LogP contribution in [0.2, 0.25) is 0 Å². The summed E-state index contributed by atoms with van der Waals surface area (Å²) in [6.45, 7) is 5.18. The van der Waals surface area contributed by atoms with Gasteiger partial charge < -0.3 is 5.32 Å². The summed E-state index contributed by atoms with van der Waals surface area (Å²) in [7, 11) is -2.97. The zero-order valence-electron chi connectivity index (χ0n) is 9.54. The van der Waals surface area contributed by atoms with Crippen molar-refractivity contribution in [3.63, 3.8) is 0 Å². The first-order valence-corrected chi connectivity index (χ1v) is 7.46. The van der Waals surface area contributed by atoms with Crippen molar-refractivity contribution in [2.45, 2.75) is 32.6 Å². The molecule has 0 aromatic carbocycles. The van der Waals surface area contributed by atoms with E-state index in [0.717, 1.165) is 39.0 Å². The lowest BCUT2D eigenvalue weighted by atomic mass is 10.2. The summed E-state index contributed by atoms with van der Waals surface area (Å²) in [5.74, 6) is 0.292. The predicted molar refractivity (Wildman–Crippen MR) is 62.4 cm³/mol. The van der Waals surface area contributed by atoms with E-state index in [-0.39, 0.29) is 0 Å². The molecular formula is C10H22N2O2S. The van der Waals surface area contributed by atoms with Gasteiger partial charge in [-0.1, -0.05) is 13.3 Å². The van der Waals surface area contributed by atoms with Crippen LogP contribution in [0.1, 0.15) is 32.6 Å². The SMILES string of the molecule is CCNCCCS(=O)(=O)N1CCCCC1. The van der Waals surface area contributed by atoms with E-state index < -0.39 is 10.0 Å². The van der Waals surface area contributed by atoms with Crippen molar-refractivity contribution in [2.75, 3.05) is 31.9 Å². The molecule has 1 rings (SSSR count). The average molecular weight is 234 g/mol. The van der Waals surface area contributed by atoms with Crippen molar-refractivity contribution in [3.05, 3.63) is 0 Å². The van der Waals surface area contributed by atoms with Crippen molar-refractivity contribution in [1.82, 2.24) is 9.62 Å². The van der Waals surface area contributed by atoms with Crippen LogP contribution < -0.4 is 5.32 Å². The molecule has 1 fully saturated rings. The lowest BCUT2D eigenvalue weighted by Crippen LogP contribution is -2.37. The van der Waals surface area contributed by atoms with Crippen LogP contribution in [-0.4, -0.2) is 44.7 Å². The molecule has 1 saturated heterocycles. The molecule has 0 unspecified atom stereocenters. The highest BCUT2D eigenvalue weighted by molar-refractivity contribution is 7.89. The zero-order valence-corrected chi connectivity index (χ0v) is 10.4. The van der Waals surface area contributed by atoms with E-state index in [4.69, 9.17) is 0 Å². The lowest BCUT2D eigenvalue weighted by Gasteiger charge is -2.25. The molecule has 1 N–H and O–H groups in total. The Hall–Kier alpha value is -0.130. The smallest absolute Gasteiger partial charge is 0.214 e. The summed E-state index contributed by atoms with van der Waals surface area (Å²) in [5.41, 5.74) is 0. The molecule has 0 saturated carbocycles. The normalized spacial score (nSPS) is 19.3. The highest BCUT2D eigenvalue weighted by atomic mass is 32.2. The molecule has 0 atom stereocenters. The van der Waals surface area contributed by atoms with Crippen LogP contribution in [-0.2, 0) is 10.0 Å². The van der Waals surface area contributed by atoms with Gasteiger partial charge in [-0.25, -0.2) is 12.7 Å². The molecule has 1 aliphatic heterocycles. The Morgan fingerprint density at radius 2 is 1.87 bits per heavy atom. The third kappa shape index (κ3) is 4.49. The molecule has 0 amide bonds. The molecule has 0 aromatic rings. The molecule has 0 bridgehead atoms. The third-order valence-electron chi connectivity index (χ3n) is 2.71. The monoisotopic (exact) mass is 234 g/mol. The molecule has 15 heavy (non-hydrogen) atoms. The molecule has 4 nitrogen and oxygen atoms in total. The molecule has 0 aromatic heterocycles. The summed E-state index contributed by atoms with van der Waals surface area (Å²) in [6, 6.07) is 0. The lowest BCUT2D eigenvalue weighted by molar-refractivity contribution is 0.346. The van der Waals surface area contributed by atoms with Gasteiger partial charge in [-0.3, -0.25) is 0 Å². The van der Waals surface area contributed by atoms with Gasteiger partial charge in [-0.15, -0.1) is 0 Å². The maximum atomic E-state index is 11.8. The van der Waals surface area contributed by atoms with Crippen molar-refractivity contribution in [1.29, 1.82) is 0 Å². The van der Waals surface area contributed by atoms with Crippen LogP contribution in [0, 0.1) is 0 Å². The van der Waals surface area contributed by atoms with Gasteiger partial charge in [0.05, 0.1) is 5.75 Å². The predicted octanol–water partition coefficient (Wildman–Crippen LogP) is 0.802. The summed E-state index contributed by atoms with van der Waals surface area (Å²) >= 11 is 0. The largest absolute Gasteiger partial charge is 0.317 e. The molecule has 5 heteroatoms. The minimum Gasteiger partial charge on any atom is -0.317 e. The molecule has 1 heterocycles. The van der Waals surface area contributed by atoms with Crippen molar-refractivity contribution >= 4 is 10.0 Å². The van der Waals surface area contributed by atoms with Gasteiger partial charge in [-0.2, -0.15) is 0 Å². The van der Waals surface area contributed by atoms with Crippen molar-refractivity contribution < 1.29 is 8.42 Å². The Labute approximate surface area is 93.1 Å². The van der Waals surface area contributed by atoms with E-state index in [1.807, 2.05) is 6.92 Å². The Balaban J connectivity index is 2.30. The molecule has 0 aliphatic carbocycles. The summed E-state index contributed by atoms with van der Waals surface area (Å²) in [6.07, 6.45) is 3.93. The minimum absolute atomic E-state index is 0.292. The summed E-state index contributed by atoms with van der Waals surface area (Å²) in [4.78, 5) is 0. The number of piperidine rings is 1. The fraction of sp³-hybridized carbons (Fsp3) is 1.00. The Bertz CT molecular complexity index is 259. The zero-order chi connectivity index (χ0) is 11.1. The second-order valence-corrected chi connectivity index (χ2v) is 6.07. The Morgan fingerprint density at radius 1 is 1.20 bits per heavy atom. The van der Waals surface area contributed by atoms with Gasteiger partial charge in [0.25, 0.3) is 0 Å². The standard InChI is InChI=1S/C10H22N2O2S/c1-2-11-7-6-10-15(13,14)12-8-4-3-5-9-12/h11H,2-10H2,1H3. The van der Waals surface area contributed by atoms with Crippen molar-refractivity contribution in [3.8, 4) is 0 Å². The Kier molecular flexibility index (Phi) is 5.56. The molecule has 90 valence electrons. The van der Waals surface area contributed by atoms with Crippen LogP contribution in [0.3, 0.4) is 0 Å². The highest BCUT2D eigenvalue weighted by Crippen LogP contribution is 2.13. The van der Waals surface area contributed by atoms with Gasteiger partial charge >= 0.3 is 0 Å². The quantitative estimate of drug-likeness (QED) is 0.692. The van der Waals surface area contributed by atoms with E-state index in [0.29, 0.717) is 12.2 Å². The van der Waals surface area contributed by atoms with Gasteiger partial charge in [-0.05, 0) is 32.4 Å². The first-order valence-electron chi connectivity index (χ1n) is 5.85. The van der Waals surface area contributed by atoms with Gasteiger partial charge in [0.1, 0.15) is 0 Å². The number of nitrogens with one attached hydrogen (secondary N) is 1. The van der Waals surface area contributed by atoms with E-state index in [2.05, 4.69) is 5.32 Å². The first-order chi connectivity index (χ1) is 7.17. The number of nitrogens with zero attached hydrogens (tertiary/aromatic N) is 1. The number of sulfonamides is 1. The molecule has 0 radical (unpaired) electrons. The van der Waals surface area contributed by atoms with Crippen LogP contribution in [0.15, 0.2) is 0 Å². The van der Waals surface area contributed by atoms with E-state index in [1.54, 1.807) is 4.31 Å². The fourth-order valence-electron chi connectivity index (χ4n) is 1.83. The molecular weight excluding hydrogens is 212 g/mol. The Morgan fingerprint density at radius 3 is 2.47 bits per heavy atom. The van der Waals surface area contributed by atoms with E-state index >= 15 is 0 Å².